The molecule has 0 N–H and O–H groups in total. The minimum atomic E-state index is -4.03. The number of carbonyl (C=O) groups excluding carboxylic acids is 3. The van der Waals surface area contributed by atoms with Crippen LogP contribution in [0.1, 0.15) is 31.1 Å². The average molecular weight is 364 g/mol. The number of sulfonamides is 1. The first-order valence-corrected chi connectivity index (χ1v) is 8.63. The van der Waals surface area contributed by atoms with E-state index in [9.17, 15) is 22.8 Å². The highest BCUT2D eigenvalue weighted by molar-refractivity contribution is 7.90. The van der Waals surface area contributed by atoms with E-state index in [2.05, 4.69) is 0 Å². The largest absolute Gasteiger partial charge is 0.292 e. The Morgan fingerprint density at radius 3 is 2.12 bits per heavy atom. The zero-order chi connectivity index (χ0) is 17.5. The van der Waals surface area contributed by atoms with E-state index in [-0.39, 0.29) is 21.6 Å². The lowest BCUT2D eigenvalue weighted by atomic mass is 10.1. The van der Waals surface area contributed by atoms with Crippen LogP contribution < -0.4 is 0 Å². The van der Waals surface area contributed by atoms with Gasteiger partial charge in [-0.25, -0.2) is 12.7 Å². The summed E-state index contributed by atoms with van der Waals surface area (Å²) in [6.45, 7) is -0.607. The number of rotatable bonds is 4. The molecule has 0 aliphatic carbocycles. The standard InChI is InChI=1S/C16H10ClNO5S/c17-15(20)11-7-5-10(6-8-11)13(19)9-18-16(21)12-3-1-2-4-14(12)24(18,22)23/h1-8H,9H2. The molecule has 1 amide bonds. The van der Waals surface area contributed by atoms with Gasteiger partial charge in [0.1, 0.15) is 11.4 Å². The molecule has 0 aromatic heterocycles. The molecule has 0 saturated carbocycles. The molecule has 2 aromatic carbocycles. The summed E-state index contributed by atoms with van der Waals surface area (Å²) >= 11 is 5.32. The van der Waals surface area contributed by atoms with Crippen LogP contribution in [0.5, 0.6) is 0 Å². The fourth-order valence-corrected chi connectivity index (χ4v) is 4.05. The third kappa shape index (κ3) is 2.61. The molecule has 1 aliphatic heterocycles. The first-order valence-electron chi connectivity index (χ1n) is 6.81. The van der Waals surface area contributed by atoms with Crippen molar-refractivity contribution in [3.05, 3.63) is 65.2 Å². The number of carbonyl (C=O) groups is 3. The summed E-state index contributed by atoms with van der Waals surface area (Å²) in [5, 5.41) is -0.665. The molecule has 122 valence electrons. The van der Waals surface area contributed by atoms with Crippen molar-refractivity contribution in [1.29, 1.82) is 0 Å². The number of ketones is 1. The molecular formula is C16H10ClNO5S. The maximum absolute atomic E-state index is 12.4. The van der Waals surface area contributed by atoms with E-state index in [0.717, 1.165) is 0 Å². The van der Waals surface area contributed by atoms with Crippen molar-refractivity contribution in [2.75, 3.05) is 6.54 Å². The minimum absolute atomic E-state index is 0.0494. The second-order valence-electron chi connectivity index (χ2n) is 5.09. The van der Waals surface area contributed by atoms with Gasteiger partial charge in [0, 0.05) is 11.1 Å². The van der Waals surface area contributed by atoms with Gasteiger partial charge in [-0.3, -0.25) is 14.4 Å². The van der Waals surface area contributed by atoms with E-state index < -0.39 is 33.5 Å². The van der Waals surface area contributed by atoms with E-state index in [0.29, 0.717) is 4.31 Å². The summed E-state index contributed by atoms with van der Waals surface area (Å²) < 4.78 is 25.3. The second kappa shape index (κ2) is 5.85. The number of hydrogen-bond acceptors (Lipinski definition) is 5. The van der Waals surface area contributed by atoms with Gasteiger partial charge in [0.05, 0.1) is 5.56 Å². The first kappa shape index (κ1) is 16.4. The summed E-state index contributed by atoms with van der Waals surface area (Å²) in [4.78, 5) is 35.4. The molecule has 6 nitrogen and oxygen atoms in total. The van der Waals surface area contributed by atoms with E-state index in [1.165, 1.54) is 42.5 Å². The SMILES string of the molecule is O=C(Cl)c1ccc(C(=O)CN2C(=O)c3ccccc3S2(=O)=O)cc1. The Bertz CT molecular complexity index is 966. The normalized spacial score (nSPS) is 15.2. The molecule has 8 heteroatoms. The molecule has 24 heavy (non-hydrogen) atoms. The van der Waals surface area contributed by atoms with Crippen LogP contribution in [0.3, 0.4) is 0 Å². The van der Waals surface area contributed by atoms with Crippen molar-refractivity contribution in [2.45, 2.75) is 4.90 Å². The third-order valence-corrected chi connectivity index (χ3v) is 5.64. The van der Waals surface area contributed by atoms with Crippen molar-refractivity contribution in [3.63, 3.8) is 0 Å². The second-order valence-corrected chi connectivity index (χ2v) is 7.26. The van der Waals surface area contributed by atoms with Gasteiger partial charge in [-0.2, -0.15) is 0 Å². The molecule has 0 spiro atoms. The van der Waals surface area contributed by atoms with Crippen LogP contribution in [0.2, 0.25) is 0 Å². The zero-order valence-corrected chi connectivity index (χ0v) is 13.7. The lowest BCUT2D eigenvalue weighted by molar-refractivity contribution is 0.0820. The molecule has 0 bridgehead atoms. The average Bonchev–Trinajstić information content (AvgIpc) is 2.76. The lowest BCUT2D eigenvalue weighted by Gasteiger charge is -2.14. The van der Waals surface area contributed by atoms with Crippen molar-refractivity contribution >= 4 is 38.6 Å². The van der Waals surface area contributed by atoms with Crippen molar-refractivity contribution in [3.8, 4) is 0 Å². The van der Waals surface area contributed by atoms with Gasteiger partial charge < -0.3 is 0 Å². The van der Waals surface area contributed by atoms with Crippen LogP contribution in [0.25, 0.3) is 0 Å². The van der Waals surface area contributed by atoms with Crippen molar-refractivity contribution in [2.24, 2.45) is 0 Å². The molecule has 2 aromatic rings. The molecule has 3 rings (SSSR count). The Hall–Kier alpha value is -2.51. The molecule has 0 radical (unpaired) electrons. The van der Waals surface area contributed by atoms with Crippen LogP contribution in [0.4, 0.5) is 0 Å². The van der Waals surface area contributed by atoms with Crippen LogP contribution in [0, 0.1) is 0 Å². The van der Waals surface area contributed by atoms with E-state index in [1.54, 1.807) is 6.07 Å². The van der Waals surface area contributed by atoms with Crippen molar-refractivity contribution < 1.29 is 22.8 Å². The van der Waals surface area contributed by atoms with E-state index in [4.69, 9.17) is 11.6 Å². The highest BCUT2D eigenvalue weighted by atomic mass is 35.5. The highest BCUT2D eigenvalue weighted by Crippen LogP contribution is 2.29. The maximum Gasteiger partial charge on any atom is 0.269 e. The molecular weight excluding hydrogens is 354 g/mol. The number of fused-ring (bicyclic) bond motifs is 1. The van der Waals surface area contributed by atoms with E-state index >= 15 is 0 Å². The first-order chi connectivity index (χ1) is 11.3. The van der Waals surface area contributed by atoms with Gasteiger partial charge in [-0.05, 0) is 35.9 Å². The fraction of sp³-hybridized carbons (Fsp3) is 0.0625. The van der Waals surface area contributed by atoms with Gasteiger partial charge in [0.15, 0.2) is 5.78 Å². The molecule has 0 unspecified atom stereocenters. The van der Waals surface area contributed by atoms with Crippen molar-refractivity contribution in [1.82, 2.24) is 4.31 Å². The number of amides is 1. The summed E-state index contributed by atoms with van der Waals surface area (Å²) in [6, 6.07) is 11.2. The van der Waals surface area contributed by atoms with Crippen LogP contribution in [0.15, 0.2) is 53.4 Å². The predicted molar refractivity (Wildman–Crippen MR) is 85.6 cm³/mol. The summed E-state index contributed by atoms with van der Waals surface area (Å²) in [6.07, 6.45) is 0. The van der Waals surface area contributed by atoms with Crippen LogP contribution >= 0.6 is 11.6 Å². The number of nitrogens with zero attached hydrogens (tertiary/aromatic N) is 1. The highest BCUT2D eigenvalue weighted by Gasteiger charge is 2.41. The minimum Gasteiger partial charge on any atom is -0.292 e. The van der Waals surface area contributed by atoms with Crippen LogP contribution in [-0.2, 0) is 10.0 Å². The Kier molecular flexibility index (Phi) is 3.98. The summed E-state index contributed by atoms with van der Waals surface area (Å²) in [7, 11) is -4.03. The van der Waals surface area contributed by atoms with Gasteiger partial charge in [0.25, 0.3) is 21.2 Å². The number of hydrogen-bond donors (Lipinski definition) is 0. The Balaban J connectivity index is 1.88. The van der Waals surface area contributed by atoms with Gasteiger partial charge in [0.2, 0.25) is 0 Å². The molecule has 1 aliphatic rings. The number of halogens is 1. The van der Waals surface area contributed by atoms with Gasteiger partial charge >= 0.3 is 0 Å². The molecule has 0 fully saturated rings. The Morgan fingerprint density at radius 1 is 0.958 bits per heavy atom. The lowest BCUT2D eigenvalue weighted by Crippen LogP contribution is -2.35. The number of Topliss-reactive ketones (excluding diaryl/α,β-unsaturated/α-hetero) is 1. The summed E-state index contributed by atoms with van der Waals surface area (Å²) in [5.41, 5.74) is 0.439. The predicted octanol–water partition coefficient (Wildman–Crippen LogP) is 2.09. The Morgan fingerprint density at radius 2 is 1.54 bits per heavy atom. The molecule has 0 saturated heterocycles. The molecule has 0 atom stereocenters. The van der Waals surface area contributed by atoms with Gasteiger partial charge in [-0.15, -0.1) is 0 Å². The van der Waals surface area contributed by atoms with E-state index in [1.807, 2.05) is 0 Å². The Labute approximate surface area is 142 Å². The monoisotopic (exact) mass is 363 g/mol. The van der Waals surface area contributed by atoms with Gasteiger partial charge in [-0.1, -0.05) is 24.3 Å². The smallest absolute Gasteiger partial charge is 0.269 e. The summed E-state index contributed by atoms with van der Waals surface area (Å²) in [5.74, 6) is -1.29. The fourth-order valence-electron chi connectivity index (χ4n) is 2.40. The quantitative estimate of drug-likeness (QED) is 0.613. The molecule has 1 heterocycles. The number of benzene rings is 2. The maximum atomic E-state index is 12.4. The third-order valence-electron chi connectivity index (χ3n) is 3.63. The zero-order valence-electron chi connectivity index (χ0n) is 12.1. The topological polar surface area (TPSA) is 88.6 Å². The van der Waals surface area contributed by atoms with Crippen LogP contribution in [-0.4, -0.2) is 36.2 Å².